The van der Waals surface area contributed by atoms with E-state index in [0.717, 1.165) is 6.42 Å². The molecule has 0 atom stereocenters. The summed E-state index contributed by atoms with van der Waals surface area (Å²) < 4.78 is 0. The average molecular weight is 207 g/mol. The SMILES string of the molecule is CCCNC(=O)CN(C)C(=O)CCl. The van der Waals surface area contributed by atoms with Gasteiger partial charge in [0.2, 0.25) is 11.8 Å². The van der Waals surface area contributed by atoms with Crippen molar-refractivity contribution in [1.82, 2.24) is 10.2 Å². The zero-order valence-electron chi connectivity index (χ0n) is 7.97. The topological polar surface area (TPSA) is 49.4 Å². The Morgan fingerprint density at radius 2 is 2.08 bits per heavy atom. The molecule has 0 unspecified atom stereocenters. The van der Waals surface area contributed by atoms with Gasteiger partial charge in [0.05, 0.1) is 6.54 Å². The monoisotopic (exact) mass is 206 g/mol. The maximum Gasteiger partial charge on any atom is 0.239 e. The zero-order valence-corrected chi connectivity index (χ0v) is 8.73. The highest BCUT2D eigenvalue weighted by Gasteiger charge is 2.10. The maximum absolute atomic E-state index is 11.1. The molecule has 0 aromatic carbocycles. The van der Waals surface area contributed by atoms with Crippen LogP contribution in [-0.4, -0.2) is 42.7 Å². The summed E-state index contributed by atoms with van der Waals surface area (Å²) in [5.41, 5.74) is 0. The number of hydrogen-bond donors (Lipinski definition) is 1. The molecule has 0 saturated carbocycles. The smallest absolute Gasteiger partial charge is 0.239 e. The first kappa shape index (κ1) is 12.2. The Hall–Kier alpha value is -0.770. The average Bonchev–Trinajstić information content (AvgIpc) is 2.13. The summed E-state index contributed by atoms with van der Waals surface area (Å²) in [5, 5.41) is 2.67. The molecule has 1 N–H and O–H groups in total. The molecule has 76 valence electrons. The van der Waals surface area contributed by atoms with Crippen LogP contribution in [0.5, 0.6) is 0 Å². The van der Waals surface area contributed by atoms with Crippen LogP contribution >= 0.6 is 11.6 Å². The van der Waals surface area contributed by atoms with Crippen molar-refractivity contribution in [3.63, 3.8) is 0 Å². The third-order valence-corrected chi connectivity index (χ3v) is 1.72. The molecule has 0 saturated heterocycles. The van der Waals surface area contributed by atoms with Crippen molar-refractivity contribution in [1.29, 1.82) is 0 Å². The van der Waals surface area contributed by atoms with E-state index >= 15 is 0 Å². The number of rotatable bonds is 5. The fourth-order valence-electron chi connectivity index (χ4n) is 0.726. The van der Waals surface area contributed by atoms with E-state index in [1.807, 2.05) is 6.92 Å². The summed E-state index contributed by atoms with van der Waals surface area (Å²) in [5.74, 6) is -0.478. The lowest BCUT2D eigenvalue weighted by molar-refractivity contribution is -0.132. The normalized spacial score (nSPS) is 9.46. The van der Waals surface area contributed by atoms with Gasteiger partial charge in [0.25, 0.3) is 0 Å². The molecular formula is C8H15ClN2O2. The third kappa shape index (κ3) is 5.47. The van der Waals surface area contributed by atoms with E-state index in [9.17, 15) is 9.59 Å². The fraction of sp³-hybridized carbons (Fsp3) is 0.750. The molecule has 0 aliphatic rings. The minimum absolute atomic E-state index is 0.0750. The van der Waals surface area contributed by atoms with Crippen LogP contribution in [0.4, 0.5) is 0 Å². The molecule has 2 amide bonds. The highest BCUT2D eigenvalue weighted by Crippen LogP contribution is 1.87. The summed E-state index contributed by atoms with van der Waals surface area (Å²) in [6.45, 7) is 2.68. The molecular weight excluding hydrogens is 192 g/mol. The number of nitrogens with one attached hydrogen (secondary N) is 1. The van der Waals surface area contributed by atoms with Crippen LogP contribution in [0, 0.1) is 0 Å². The van der Waals surface area contributed by atoms with Gasteiger partial charge in [-0.1, -0.05) is 6.92 Å². The minimum Gasteiger partial charge on any atom is -0.355 e. The van der Waals surface area contributed by atoms with Crippen molar-refractivity contribution in [3.05, 3.63) is 0 Å². The van der Waals surface area contributed by atoms with Gasteiger partial charge in [0, 0.05) is 13.6 Å². The largest absolute Gasteiger partial charge is 0.355 e. The predicted octanol–water partition coefficient (Wildman–Crippen LogP) is 0.210. The summed E-state index contributed by atoms with van der Waals surface area (Å²) in [6.07, 6.45) is 0.888. The second-order valence-electron chi connectivity index (χ2n) is 2.73. The van der Waals surface area contributed by atoms with Gasteiger partial charge < -0.3 is 10.2 Å². The quantitative estimate of drug-likeness (QED) is 0.654. The van der Waals surface area contributed by atoms with Crippen LogP contribution in [0.25, 0.3) is 0 Å². The Morgan fingerprint density at radius 1 is 1.46 bits per heavy atom. The van der Waals surface area contributed by atoms with E-state index in [1.54, 1.807) is 7.05 Å². The van der Waals surface area contributed by atoms with E-state index in [-0.39, 0.29) is 24.2 Å². The maximum atomic E-state index is 11.1. The molecule has 0 heterocycles. The van der Waals surface area contributed by atoms with Crippen LogP contribution in [0.2, 0.25) is 0 Å². The van der Waals surface area contributed by atoms with Gasteiger partial charge in [-0.25, -0.2) is 0 Å². The van der Waals surface area contributed by atoms with Crippen LogP contribution in [0.3, 0.4) is 0 Å². The van der Waals surface area contributed by atoms with Crippen molar-refractivity contribution >= 4 is 23.4 Å². The number of amides is 2. The molecule has 0 bridgehead atoms. The molecule has 0 aromatic rings. The molecule has 0 aliphatic carbocycles. The molecule has 5 heteroatoms. The van der Waals surface area contributed by atoms with Gasteiger partial charge in [-0.2, -0.15) is 0 Å². The van der Waals surface area contributed by atoms with Crippen LogP contribution in [-0.2, 0) is 9.59 Å². The Labute approximate surface area is 83.2 Å². The lowest BCUT2D eigenvalue weighted by Gasteiger charge is -2.14. The summed E-state index contributed by atoms with van der Waals surface area (Å²) in [7, 11) is 1.55. The molecule has 0 aliphatic heterocycles. The number of halogens is 1. The second-order valence-corrected chi connectivity index (χ2v) is 3.00. The van der Waals surface area contributed by atoms with Crippen molar-refractivity contribution < 1.29 is 9.59 Å². The number of likely N-dealkylation sites (N-methyl/N-ethyl adjacent to an activating group) is 1. The lowest BCUT2D eigenvalue weighted by Crippen LogP contribution is -2.39. The number of nitrogens with zero attached hydrogens (tertiary/aromatic N) is 1. The van der Waals surface area contributed by atoms with Crippen molar-refractivity contribution in [2.24, 2.45) is 0 Å². The summed E-state index contributed by atoms with van der Waals surface area (Å²) in [6, 6.07) is 0. The number of alkyl halides is 1. The van der Waals surface area contributed by atoms with Gasteiger partial charge in [0.15, 0.2) is 0 Å². The second kappa shape index (κ2) is 6.71. The van der Waals surface area contributed by atoms with Gasteiger partial charge in [-0.05, 0) is 6.42 Å². The highest BCUT2D eigenvalue weighted by atomic mass is 35.5. The minimum atomic E-state index is -0.242. The van der Waals surface area contributed by atoms with Crippen molar-refractivity contribution in [2.75, 3.05) is 26.0 Å². The molecule has 0 fully saturated rings. The van der Waals surface area contributed by atoms with E-state index in [0.29, 0.717) is 6.54 Å². The standard InChI is InChI=1S/C8H15ClN2O2/c1-3-4-10-7(12)6-11(2)8(13)5-9/h3-6H2,1-2H3,(H,10,12). The Balaban J connectivity index is 3.71. The van der Waals surface area contributed by atoms with Crippen molar-refractivity contribution in [3.8, 4) is 0 Å². The summed E-state index contributed by atoms with van der Waals surface area (Å²) in [4.78, 5) is 23.3. The Kier molecular flexibility index (Phi) is 6.32. The molecule has 0 aromatic heterocycles. The first-order valence-electron chi connectivity index (χ1n) is 4.18. The van der Waals surface area contributed by atoms with Crippen LogP contribution in [0.1, 0.15) is 13.3 Å². The van der Waals surface area contributed by atoms with E-state index in [1.165, 1.54) is 4.90 Å². The van der Waals surface area contributed by atoms with E-state index in [2.05, 4.69) is 5.32 Å². The Morgan fingerprint density at radius 3 is 2.54 bits per heavy atom. The predicted molar refractivity (Wildman–Crippen MR) is 51.7 cm³/mol. The molecule has 13 heavy (non-hydrogen) atoms. The highest BCUT2D eigenvalue weighted by molar-refractivity contribution is 6.27. The number of carbonyl (C=O) groups is 2. The molecule has 0 spiro atoms. The van der Waals surface area contributed by atoms with Crippen molar-refractivity contribution in [2.45, 2.75) is 13.3 Å². The van der Waals surface area contributed by atoms with Gasteiger partial charge >= 0.3 is 0 Å². The third-order valence-electron chi connectivity index (χ3n) is 1.49. The lowest BCUT2D eigenvalue weighted by atomic mass is 10.4. The number of carbonyl (C=O) groups excluding carboxylic acids is 2. The molecule has 0 rings (SSSR count). The molecule has 4 nitrogen and oxygen atoms in total. The Bertz CT molecular complexity index is 185. The fourth-order valence-corrected chi connectivity index (χ4v) is 0.930. The first-order valence-corrected chi connectivity index (χ1v) is 4.71. The summed E-state index contributed by atoms with van der Waals surface area (Å²) >= 11 is 5.31. The van der Waals surface area contributed by atoms with E-state index in [4.69, 9.17) is 11.6 Å². The van der Waals surface area contributed by atoms with Gasteiger partial charge in [0.1, 0.15) is 5.88 Å². The number of hydrogen-bond acceptors (Lipinski definition) is 2. The van der Waals surface area contributed by atoms with Crippen LogP contribution < -0.4 is 5.32 Å². The van der Waals surface area contributed by atoms with Gasteiger partial charge in [-0.3, -0.25) is 9.59 Å². The van der Waals surface area contributed by atoms with E-state index < -0.39 is 0 Å². The molecule has 0 radical (unpaired) electrons. The zero-order chi connectivity index (χ0) is 10.3. The first-order chi connectivity index (χ1) is 6.11. The van der Waals surface area contributed by atoms with Gasteiger partial charge in [-0.15, -0.1) is 11.6 Å². The van der Waals surface area contributed by atoms with Crippen LogP contribution in [0.15, 0.2) is 0 Å².